The lowest BCUT2D eigenvalue weighted by Crippen LogP contribution is -2.48. The Labute approximate surface area is 156 Å². The first kappa shape index (κ1) is 20.2. The fourth-order valence-corrected chi connectivity index (χ4v) is 3.29. The average Bonchev–Trinajstić information content (AvgIpc) is 2.66. The Kier molecular flexibility index (Phi) is 7.11. The van der Waals surface area contributed by atoms with Crippen LogP contribution in [-0.4, -0.2) is 34.4 Å². The molecule has 9 nitrogen and oxygen atoms in total. The number of nitriles is 1. The molecule has 0 saturated heterocycles. The van der Waals surface area contributed by atoms with Crippen molar-refractivity contribution >= 4 is 17.5 Å². The van der Waals surface area contributed by atoms with Crippen LogP contribution in [0.2, 0.25) is 0 Å². The molecule has 0 aliphatic heterocycles. The quantitative estimate of drug-likeness (QED) is 0.378. The second-order valence-corrected chi connectivity index (χ2v) is 6.60. The third-order valence-electron chi connectivity index (χ3n) is 4.69. The summed E-state index contributed by atoms with van der Waals surface area (Å²) in [5.41, 5.74) is -0.610. The third kappa shape index (κ3) is 5.67. The van der Waals surface area contributed by atoms with Gasteiger partial charge in [-0.1, -0.05) is 32.1 Å². The van der Waals surface area contributed by atoms with Crippen molar-refractivity contribution < 1.29 is 19.6 Å². The summed E-state index contributed by atoms with van der Waals surface area (Å²) in [5, 5.41) is 34.1. The van der Waals surface area contributed by atoms with Crippen molar-refractivity contribution in [2.24, 2.45) is 5.92 Å². The van der Waals surface area contributed by atoms with Crippen molar-refractivity contribution in [2.45, 2.75) is 44.6 Å². The van der Waals surface area contributed by atoms with Gasteiger partial charge in [-0.2, -0.15) is 5.26 Å². The number of carbonyl (C=O) groups is 2. The van der Waals surface area contributed by atoms with E-state index in [9.17, 15) is 24.8 Å². The zero-order valence-corrected chi connectivity index (χ0v) is 14.8. The molecule has 3 N–H and O–H groups in total. The number of phenolic OH excluding ortho intramolecular Hbond substituents is 1. The number of nitrogens with one attached hydrogen (secondary N) is 2. The summed E-state index contributed by atoms with van der Waals surface area (Å²) < 4.78 is 0. The number of nitrogens with zero attached hydrogens (tertiary/aromatic N) is 2. The monoisotopic (exact) mass is 374 g/mol. The number of nitro groups is 1. The molecular weight excluding hydrogens is 352 g/mol. The molecule has 0 spiro atoms. The summed E-state index contributed by atoms with van der Waals surface area (Å²) in [6, 6.07) is 4.28. The second-order valence-electron chi connectivity index (χ2n) is 6.60. The van der Waals surface area contributed by atoms with Crippen molar-refractivity contribution in [3.8, 4) is 11.8 Å². The van der Waals surface area contributed by atoms with E-state index in [1.54, 1.807) is 0 Å². The largest absolute Gasteiger partial charge is 0.502 e. The Hall–Kier alpha value is -3.15. The maximum absolute atomic E-state index is 12.5. The highest BCUT2D eigenvalue weighted by molar-refractivity contribution is 5.98. The molecule has 1 saturated carbocycles. The highest BCUT2D eigenvalue weighted by Gasteiger charge is 2.27. The molecule has 0 heterocycles. The van der Waals surface area contributed by atoms with E-state index < -0.39 is 34.2 Å². The standard InChI is InChI=1S/C18H22N4O5/c19-8-9-20-18(25)14(10-12-4-2-1-3-5-12)21-17(24)13-6-7-16(23)15(11-13)22(26)27/h6-7,11-12,14,23H,1-5,9-10H2,(H,20,25)(H,21,24)/t14-/m0/s1. The molecule has 0 aromatic heterocycles. The molecule has 0 bridgehead atoms. The summed E-state index contributed by atoms with van der Waals surface area (Å²) in [6.45, 7) is -0.166. The van der Waals surface area contributed by atoms with Gasteiger partial charge < -0.3 is 15.7 Å². The van der Waals surface area contributed by atoms with Gasteiger partial charge in [0.25, 0.3) is 5.91 Å². The first-order chi connectivity index (χ1) is 12.9. The van der Waals surface area contributed by atoms with Gasteiger partial charge in [0.05, 0.1) is 11.0 Å². The van der Waals surface area contributed by atoms with E-state index in [1.807, 2.05) is 6.07 Å². The van der Waals surface area contributed by atoms with Crippen molar-refractivity contribution in [1.82, 2.24) is 10.6 Å². The van der Waals surface area contributed by atoms with E-state index in [2.05, 4.69) is 10.6 Å². The van der Waals surface area contributed by atoms with Crippen LogP contribution in [-0.2, 0) is 4.79 Å². The summed E-state index contributed by atoms with van der Waals surface area (Å²) in [6.07, 6.45) is 5.71. The van der Waals surface area contributed by atoms with Crippen LogP contribution in [0.15, 0.2) is 18.2 Å². The lowest BCUT2D eigenvalue weighted by Gasteiger charge is -2.26. The first-order valence-electron chi connectivity index (χ1n) is 8.85. The van der Waals surface area contributed by atoms with Crippen LogP contribution >= 0.6 is 0 Å². The fourth-order valence-electron chi connectivity index (χ4n) is 3.29. The maximum atomic E-state index is 12.5. The molecule has 27 heavy (non-hydrogen) atoms. The molecule has 0 radical (unpaired) electrons. The molecule has 144 valence electrons. The van der Waals surface area contributed by atoms with Gasteiger partial charge in [0, 0.05) is 11.6 Å². The Morgan fingerprint density at radius 3 is 2.67 bits per heavy atom. The van der Waals surface area contributed by atoms with Crippen molar-refractivity contribution in [3.05, 3.63) is 33.9 Å². The van der Waals surface area contributed by atoms with Crippen LogP contribution in [0.5, 0.6) is 5.75 Å². The number of carbonyl (C=O) groups excluding carboxylic acids is 2. The lowest BCUT2D eigenvalue weighted by atomic mass is 9.84. The minimum atomic E-state index is -0.832. The van der Waals surface area contributed by atoms with Gasteiger partial charge in [-0.25, -0.2) is 0 Å². The van der Waals surface area contributed by atoms with E-state index in [-0.39, 0.29) is 12.1 Å². The smallest absolute Gasteiger partial charge is 0.311 e. The molecule has 1 aliphatic rings. The number of benzene rings is 1. The number of rotatable bonds is 7. The number of phenols is 1. The molecule has 0 unspecified atom stereocenters. The number of nitro benzene ring substituents is 1. The summed E-state index contributed by atoms with van der Waals surface area (Å²) in [7, 11) is 0. The first-order valence-corrected chi connectivity index (χ1v) is 8.85. The van der Waals surface area contributed by atoms with E-state index in [4.69, 9.17) is 5.26 Å². The Bertz CT molecular complexity index is 753. The van der Waals surface area contributed by atoms with Gasteiger partial charge in [-0.15, -0.1) is 0 Å². The van der Waals surface area contributed by atoms with Gasteiger partial charge >= 0.3 is 5.69 Å². The minimum Gasteiger partial charge on any atom is -0.502 e. The number of hydrogen-bond donors (Lipinski definition) is 3. The predicted molar refractivity (Wildman–Crippen MR) is 95.8 cm³/mol. The van der Waals surface area contributed by atoms with Crippen LogP contribution in [0.25, 0.3) is 0 Å². The highest BCUT2D eigenvalue weighted by Crippen LogP contribution is 2.28. The van der Waals surface area contributed by atoms with Crippen LogP contribution in [0.4, 0.5) is 5.69 Å². The van der Waals surface area contributed by atoms with Gasteiger partial charge in [0.1, 0.15) is 12.6 Å². The van der Waals surface area contributed by atoms with Crippen LogP contribution in [0.1, 0.15) is 48.9 Å². The molecule has 9 heteroatoms. The second kappa shape index (κ2) is 9.52. The minimum absolute atomic E-state index is 0.0266. The Morgan fingerprint density at radius 1 is 1.33 bits per heavy atom. The maximum Gasteiger partial charge on any atom is 0.311 e. The van der Waals surface area contributed by atoms with Crippen LogP contribution < -0.4 is 10.6 Å². The van der Waals surface area contributed by atoms with E-state index in [0.29, 0.717) is 12.3 Å². The Morgan fingerprint density at radius 2 is 2.04 bits per heavy atom. The van der Waals surface area contributed by atoms with Gasteiger partial charge in [-0.05, 0) is 24.5 Å². The number of aromatic hydroxyl groups is 1. The van der Waals surface area contributed by atoms with Crippen molar-refractivity contribution in [1.29, 1.82) is 5.26 Å². The summed E-state index contributed by atoms with van der Waals surface area (Å²) in [5.74, 6) is -1.34. The Balaban J connectivity index is 2.13. The molecule has 1 aromatic rings. The molecule has 1 aliphatic carbocycles. The molecule has 1 atom stereocenters. The van der Waals surface area contributed by atoms with Crippen LogP contribution in [0.3, 0.4) is 0 Å². The van der Waals surface area contributed by atoms with Crippen molar-refractivity contribution in [3.63, 3.8) is 0 Å². The van der Waals surface area contributed by atoms with Crippen LogP contribution in [0, 0.1) is 27.4 Å². The summed E-state index contributed by atoms with van der Waals surface area (Å²) in [4.78, 5) is 35.0. The molecule has 1 fully saturated rings. The highest BCUT2D eigenvalue weighted by atomic mass is 16.6. The summed E-state index contributed by atoms with van der Waals surface area (Å²) >= 11 is 0. The lowest BCUT2D eigenvalue weighted by molar-refractivity contribution is -0.385. The molecule has 2 amide bonds. The van der Waals surface area contributed by atoms with Gasteiger partial charge in [0.15, 0.2) is 5.75 Å². The number of amides is 2. The topological polar surface area (TPSA) is 145 Å². The van der Waals surface area contributed by atoms with E-state index in [1.165, 1.54) is 6.07 Å². The molecule has 1 aromatic carbocycles. The van der Waals surface area contributed by atoms with E-state index >= 15 is 0 Å². The SMILES string of the molecule is N#CCNC(=O)[C@H](CC1CCCCC1)NC(=O)c1ccc(O)c([N+](=O)[O-])c1. The van der Waals surface area contributed by atoms with Gasteiger partial charge in [0.2, 0.25) is 5.91 Å². The fraction of sp³-hybridized carbons (Fsp3) is 0.500. The van der Waals surface area contributed by atoms with E-state index in [0.717, 1.165) is 44.2 Å². The van der Waals surface area contributed by atoms with Crippen molar-refractivity contribution in [2.75, 3.05) is 6.54 Å². The number of hydrogen-bond acceptors (Lipinski definition) is 6. The zero-order valence-electron chi connectivity index (χ0n) is 14.8. The normalized spacial score (nSPS) is 15.4. The predicted octanol–water partition coefficient (Wildman–Crippen LogP) is 2.01. The van der Waals surface area contributed by atoms with Gasteiger partial charge in [-0.3, -0.25) is 19.7 Å². The molecular formula is C18H22N4O5. The molecule has 2 rings (SSSR count). The third-order valence-corrected chi connectivity index (χ3v) is 4.69. The zero-order chi connectivity index (χ0) is 19.8. The average molecular weight is 374 g/mol.